The van der Waals surface area contributed by atoms with Gasteiger partial charge in [0.1, 0.15) is 0 Å². The van der Waals surface area contributed by atoms with Crippen LogP contribution in [0.25, 0.3) is 0 Å². The highest BCUT2D eigenvalue weighted by molar-refractivity contribution is 7.80. The van der Waals surface area contributed by atoms with E-state index in [1.165, 1.54) is 37.7 Å². The van der Waals surface area contributed by atoms with Crippen LogP contribution in [0, 0.1) is 5.92 Å². The first kappa shape index (κ1) is 15.3. The van der Waals surface area contributed by atoms with Crippen LogP contribution in [0.3, 0.4) is 0 Å². The van der Waals surface area contributed by atoms with Gasteiger partial charge in [0.15, 0.2) is 5.11 Å². The maximum atomic E-state index is 8.87. The molecule has 2 rings (SSSR count). The van der Waals surface area contributed by atoms with E-state index in [-0.39, 0.29) is 12.6 Å². The van der Waals surface area contributed by atoms with Crippen molar-refractivity contribution in [2.45, 2.75) is 38.1 Å². The summed E-state index contributed by atoms with van der Waals surface area (Å²) in [7, 11) is 0. The standard InChI is InChI=1S/C16H24N2OS/c19-12-11-17-16(20)18-15(13-7-3-1-4-8-13)14-9-5-2-6-10-14/h1,3-4,7-8,14-15,19H,2,5-6,9-12H2,(H2,17,18,20). The van der Waals surface area contributed by atoms with Crippen molar-refractivity contribution in [1.29, 1.82) is 0 Å². The molecule has 1 aliphatic carbocycles. The average Bonchev–Trinajstić information content (AvgIpc) is 2.52. The van der Waals surface area contributed by atoms with Gasteiger partial charge in [0.25, 0.3) is 0 Å². The Kier molecular flexibility index (Phi) is 6.27. The van der Waals surface area contributed by atoms with E-state index in [0.29, 0.717) is 17.6 Å². The first-order valence-corrected chi connectivity index (χ1v) is 7.92. The second-order valence-corrected chi connectivity index (χ2v) is 5.82. The zero-order valence-electron chi connectivity index (χ0n) is 11.8. The van der Waals surface area contributed by atoms with Crippen molar-refractivity contribution in [1.82, 2.24) is 10.6 Å². The predicted molar refractivity (Wildman–Crippen MR) is 86.6 cm³/mol. The van der Waals surface area contributed by atoms with Gasteiger partial charge in [0, 0.05) is 6.54 Å². The number of aliphatic hydroxyl groups excluding tert-OH is 1. The average molecular weight is 292 g/mol. The van der Waals surface area contributed by atoms with Crippen LogP contribution in [-0.2, 0) is 0 Å². The lowest BCUT2D eigenvalue weighted by Crippen LogP contribution is -2.41. The number of hydrogen-bond donors (Lipinski definition) is 3. The molecular weight excluding hydrogens is 268 g/mol. The summed E-state index contributed by atoms with van der Waals surface area (Å²) in [5, 5.41) is 16.0. The Morgan fingerprint density at radius 3 is 2.55 bits per heavy atom. The third-order valence-corrected chi connectivity index (χ3v) is 4.23. The Hall–Kier alpha value is -1.13. The molecule has 0 spiro atoms. The van der Waals surface area contributed by atoms with Crippen LogP contribution >= 0.6 is 12.2 Å². The predicted octanol–water partition coefficient (Wildman–Crippen LogP) is 2.76. The van der Waals surface area contributed by atoms with Crippen molar-refractivity contribution in [3.05, 3.63) is 35.9 Å². The maximum Gasteiger partial charge on any atom is 0.166 e. The van der Waals surface area contributed by atoms with Crippen LogP contribution in [0.1, 0.15) is 43.7 Å². The second kappa shape index (κ2) is 8.22. The van der Waals surface area contributed by atoms with Gasteiger partial charge in [-0.25, -0.2) is 0 Å². The molecule has 0 radical (unpaired) electrons. The van der Waals surface area contributed by atoms with E-state index in [1.807, 2.05) is 6.07 Å². The Bertz CT molecular complexity index is 404. The van der Waals surface area contributed by atoms with Crippen LogP contribution < -0.4 is 10.6 Å². The van der Waals surface area contributed by atoms with Gasteiger partial charge in [-0.3, -0.25) is 0 Å². The molecule has 1 aliphatic rings. The molecule has 1 fully saturated rings. The minimum atomic E-state index is 0.0985. The van der Waals surface area contributed by atoms with E-state index < -0.39 is 0 Å². The lowest BCUT2D eigenvalue weighted by atomic mass is 9.81. The minimum absolute atomic E-state index is 0.0985. The number of thiocarbonyl (C=S) groups is 1. The summed E-state index contributed by atoms with van der Waals surface area (Å²) in [5.41, 5.74) is 1.30. The van der Waals surface area contributed by atoms with Gasteiger partial charge in [-0.1, -0.05) is 49.6 Å². The molecule has 20 heavy (non-hydrogen) atoms. The van der Waals surface area contributed by atoms with Crippen molar-refractivity contribution >= 4 is 17.3 Å². The molecule has 3 N–H and O–H groups in total. The Morgan fingerprint density at radius 2 is 1.90 bits per heavy atom. The third-order valence-electron chi connectivity index (χ3n) is 3.96. The highest BCUT2D eigenvalue weighted by atomic mass is 32.1. The van der Waals surface area contributed by atoms with E-state index in [2.05, 4.69) is 34.9 Å². The first-order valence-electron chi connectivity index (χ1n) is 7.51. The van der Waals surface area contributed by atoms with Crippen molar-refractivity contribution in [3.8, 4) is 0 Å². The number of aliphatic hydroxyl groups is 1. The SMILES string of the molecule is OCCNC(=S)NC(c1ccccc1)C1CCCCC1. The molecular formula is C16H24N2OS. The van der Waals surface area contributed by atoms with Crippen molar-refractivity contribution < 1.29 is 5.11 Å². The quantitative estimate of drug-likeness (QED) is 0.730. The van der Waals surface area contributed by atoms with E-state index >= 15 is 0 Å². The zero-order valence-corrected chi connectivity index (χ0v) is 12.7. The highest BCUT2D eigenvalue weighted by Gasteiger charge is 2.25. The summed E-state index contributed by atoms with van der Waals surface area (Å²) in [6.07, 6.45) is 6.49. The molecule has 110 valence electrons. The van der Waals surface area contributed by atoms with E-state index in [0.717, 1.165) is 0 Å². The molecule has 0 aromatic heterocycles. The largest absolute Gasteiger partial charge is 0.395 e. The van der Waals surface area contributed by atoms with E-state index in [1.54, 1.807) is 0 Å². The molecule has 0 aliphatic heterocycles. The molecule has 0 heterocycles. The topological polar surface area (TPSA) is 44.3 Å². The third kappa shape index (κ3) is 4.46. The number of nitrogens with one attached hydrogen (secondary N) is 2. The monoisotopic (exact) mass is 292 g/mol. The Morgan fingerprint density at radius 1 is 1.20 bits per heavy atom. The van der Waals surface area contributed by atoms with Gasteiger partial charge < -0.3 is 15.7 Å². The van der Waals surface area contributed by atoms with Gasteiger partial charge in [0.05, 0.1) is 12.6 Å². The van der Waals surface area contributed by atoms with Crippen LogP contribution in [0.4, 0.5) is 0 Å². The summed E-state index contributed by atoms with van der Waals surface area (Å²) in [4.78, 5) is 0. The lowest BCUT2D eigenvalue weighted by Gasteiger charge is -2.32. The van der Waals surface area contributed by atoms with Gasteiger partial charge in [-0.05, 0) is 36.5 Å². The van der Waals surface area contributed by atoms with Gasteiger partial charge in [0.2, 0.25) is 0 Å². The summed E-state index contributed by atoms with van der Waals surface area (Å²) in [5.74, 6) is 0.639. The van der Waals surface area contributed by atoms with Crippen molar-refractivity contribution in [3.63, 3.8) is 0 Å². The van der Waals surface area contributed by atoms with Crippen LogP contribution in [-0.4, -0.2) is 23.4 Å². The van der Waals surface area contributed by atoms with Crippen molar-refractivity contribution in [2.24, 2.45) is 5.92 Å². The second-order valence-electron chi connectivity index (χ2n) is 5.41. The first-order chi connectivity index (χ1) is 9.81. The smallest absolute Gasteiger partial charge is 0.166 e. The number of rotatable bonds is 5. The number of benzene rings is 1. The molecule has 1 aromatic rings. The highest BCUT2D eigenvalue weighted by Crippen LogP contribution is 2.34. The van der Waals surface area contributed by atoms with Gasteiger partial charge in [-0.15, -0.1) is 0 Å². The van der Waals surface area contributed by atoms with Gasteiger partial charge >= 0.3 is 0 Å². The summed E-state index contributed by atoms with van der Waals surface area (Å²) >= 11 is 5.33. The summed E-state index contributed by atoms with van der Waals surface area (Å²) < 4.78 is 0. The maximum absolute atomic E-state index is 8.87. The molecule has 0 saturated heterocycles. The molecule has 1 saturated carbocycles. The molecule has 1 aromatic carbocycles. The van der Waals surface area contributed by atoms with Crippen LogP contribution in [0.2, 0.25) is 0 Å². The molecule has 3 nitrogen and oxygen atoms in total. The van der Waals surface area contributed by atoms with Crippen molar-refractivity contribution in [2.75, 3.05) is 13.2 Å². The summed E-state index contributed by atoms with van der Waals surface area (Å²) in [6.45, 7) is 0.596. The molecule has 1 atom stereocenters. The van der Waals surface area contributed by atoms with Gasteiger partial charge in [-0.2, -0.15) is 0 Å². The van der Waals surface area contributed by atoms with E-state index in [9.17, 15) is 0 Å². The fraction of sp³-hybridized carbons (Fsp3) is 0.562. The zero-order chi connectivity index (χ0) is 14.2. The Labute approximate surface area is 126 Å². The van der Waals surface area contributed by atoms with E-state index in [4.69, 9.17) is 17.3 Å². The lowest BCUT2D eigenvalue weighted by molar-refractivity contribution is 0.287. The fourth-order valence-corrected chi connectivity index (χ4v) is 3.19. The van der Waals surface area contributed by atoms with Crippen LogP contribution in [0.15, 0.2) is 30.3 Å². The minimum Gasteiger partial charge on any atom is -0.395 e. The molecule has 0 amide bonds. The molecule has 0 bridgehead atoms. The Balaban J connectivity index is 2.05. The molecule has 4 heteroatoms. The summed E-state index contributed by atoms with van der Waals surface area (Å²) in [6, 6.07) is 10.8. The van der Waals surface area contributed by atoms with Crippen LogP contribution in [0.5, 0.6) is 0 Å². The molecule has 1 unspecified atom stereocenters. The normalized spacial score (nSPS) is 17.4. The fourth-order valence-electron chi connectivity index (χ4n) is 2.96. The number of hydrogen-bond acceptors (Lipinski definition) is 2.